The first kappa shape index (κ1) is 12.5. The summed E-state index contributed by atoms with van der Waals surface area (Å²) in [7, 11) is 1.72. The highest BCUT2D eigenvalue weighted by Crippen LogP contribution is 2.20. The van der Waals surface area contributed by atoms with E-state index in [1.54, 1.807) is 18.1 Å². The Balaban J connectivity index is 1.80. The SMILES string of the molecule is Cn1ncnc1C(=O)N1CCC=C(c2cccnc2)C1. The number of carbonyl (C=O) groups excluding carboxylic acids is 1. The largest absolute Gasteiger partial charge is 0.331 e. The van der Waals surface area contributed by atoms with Gasteiger partial charge in [0.1, 0.15) is 6.33 Å². The molecular formula is C14H15N5O. The summed E-state index contributed by atoms with van der Waals surface area (Å²) in [5.41, 5.74) is 2.18. The average Bonchev–Trinajstić information content (AvgIpc) is 2.94. The summed E-state index contributed by atoms with van der Waals surface area (Å²) in [5.74, 6) is 0.289. The van der Waals surface area contributed by atoms with Crippen LogP contribution in [0.15, 0.2) is 36.9 Å². The summed E-state index contributed by atoms with van der Waals surface area (Å²) >= 11 is 0. The fraction of sp³-hybridized carbons (Fsp3) is 0.286. The molecule has 2 aromatic rings. The van der Waals surface area contributed by atoms with E-state index < -0.39 is 0 Å². The number of hydrogen-bond donors (Lipinski definition) is 0. The van der Waals surface area contributed by atoms with Crippen molar-refractivity contribution in [3.05, 3.63) is 48.3 Å². The van der Waals surface area contributed by atoms with Crippen LogP contribution in [0.4, 0.5) is 0 Å². The van der Waals surface area contributed by atoms with Gasteiger partial charge in [-0.05, 0) is 23.6 Å². The van der Waals surface area contributed by atoms with Gasteiger partial charge in [-0.3, -0.25) is 9.78 Å². The number of rotatable bonds is 2. The summed E-state index contributed by atoms with van der Waals surface area (Å²) in [4.78, 5) is 22.4. The second-order valence-corrected chi connectivity index (χ2v) is 4.69. The second kappa shape index (κ2) is 5.24. The van der Waals surface area contributed by atoms with Crippen molar-refractivity contribution < 1.29 is 4.79 Å². The molecule has 3 rings (SSSR count). The van der Waals surface area contributed by atoms with Crippen LogP contribution in [0, 0.1) is 0 Å². The number of hydrogen-bond acceptors (Lipinski definition) is 4. The first-order valence-corrected chi connectivity index (χ1v) is 6.48. The summed E-state index contributed by atoms with van der Waals surface area (Å²) in [6, 6.07) is 3.91. The standard InChI is InChI=1S/C14H15N5O/c1-18-13(16-10-17-18)14(20)19-7-3-5-12(9-19)11-4-2-6-15-8-11/h2,4-6,8,10H,3,7,9H2,1H3. The maximum Gasteiger partial charge on any atom is 0.291 e. The molecule has 2 aromatic heterocycles. The molecule has 0 aliphatic carbocycles. The molecule has 20 heavy (non-hydrogen) atoms. The maximum absolute atomic E-state index is 12.4. The molecule has 1 amide bonds. The molecule has 3 heterocycles. The monoisotopic (exact) mass is 269 g/mol. The minimum atomic E-state index is -0.0838. The highest BCUT2D eigenvalue weighted by atomic mass is 16.2. The van der Waals surface area contributed by atoms with Crippen LogP contribution in [-0.4, -0.2) is 43.6 Å². The predicted molar refractivity (Wildman–Crippen MR) is 73.7 cm³/mol. The van der Waals surface area contributed by atoms with Crippen LogP contribution in [0.1, 0.15) is 22.6 Å². The maximum atomic E-state index is 12.4. The van der Waals surface area contributed by atoms with Gasteiger partial charge >= 0.3 is 0 Å². The van der Waals surface area contributed by atoms with Crippen molar-refractivity contribution in [2.24, 2.45) is 7.05 Å². The molecule has 6 nitrogen and oxygen atoms in total. The molecular weight excluding hydrogens is 254 g/mol. The van der Waals surface area contributed by atoms with E-state index in [1.807, 2.05) is 18.3 Å². The number of nitrogens with zero attached hydrogens (tertiary/aromatic N) is 5. The van der Waals surface area contributed by atoms with Crippen molar-refractivity contribution in [3.63, 3.8) is 0 Å². The topological polar surface area (TPSA) is 63.9 Å². The molecule has 0 aromatic carbocycles. The van der Waals surface area contributed by atoms with E-state index in [4.69, 9.17) is 0 Å². The van der Waals surface area contributed by atoms with E-state index in [0.717, 1.165) is 17.6 Å². The third-order valence-corrected chi connectivity index (χ3v) is 3.37. The Kier molecular flexibility index (Phi) is 3.28. The van der Waals surface area contributed by atoms with Gasteiger partial charge in [0, 0.05) is 32.5 Å². The van der Waals surface area contributed by atoms with E-state index in [1.165, 1.54) is 11.0 Å². The van der Waals surface area contributed by atoms with Crippen LogP contribution >= 0.6 is 0 Å². The zero-order valence-corrected chi connectivity index (χ0v) is 11.2. The number of pyridine rings is 1. The van der Waals surface area contributed by atoms with Crippen molar-refractivity contribution in [2.45, 2.75) is 6.42 Å². The number of aromatic nitrogens is 4. The van der Waals surface area contributed by atoms with Gasteiger partial charge in [-0.15, -0.1) is 0 Å². The molecule has 0 radical (unpaired) electrons. The van der Waals surface area contributed by atoms with Gasteiger partial charge in [0.25, 0.3) is 5.91 Å². The van der Waals surface area contributed by atoms with E-state index >= 15 is 0 Å². The molecule has 0 N–H and O–H groups in total. The number of aryl methyl sites for hydroxylation is 1. The number of carbonyl (C=O) groups is 1. The lowest BCUT2D eigenvalue weighted by Crippen LogP contribution is -2.37. The first-order chi connectivity index (χ1) is 9.75. The molecule has 0 saturated carbocycles. The molecule has 1 aliphatic rings. The zero-order chi connectivity index (χ0) is 13.9. The Morgan fingerprint density at radius 1 is 1.40 bits per heavy atom. The molecule has 102 valence electrons. The van der Waals surface area contributed by atoms with Gasteiger partial charge in [0.05, 0.1) is 0 Å². The average molecular weight is 269 g/mol. The summed E-state index contributed by atoms with van der Waals surface area (Å²) in [5, 5.41) is 3.94. The van der Waals surface area contributed by atoms with Crippen molar-refractivity contribution in [1.29, 1.82) is 0 Å². The highest BCUT2D eigenvalue weighted by Gasteiger charge is 2.23. The van der Waals surface area contributed by atoms with E-state index in [-0.39, 0.29) is 5.91 Å². The van der Waals surface area contributed by atoms with Crippen molar-refractivity contribution in [3.8, 4) is 0 Å². The Morgan fingerprint density at radius 2 is 2.30 bits per heavy atom. The second-order valence-electron chi connectivity index (χ2n) is 4.69. The van der Waals surface area contributed by atoms with Crippen LogP contribution in [-0.2, 0) is 7.05 Å². The Labute approximate surface area is 116 Å². The summed E-state index contributed by atoms with van der Waals surface area (Å²) < 4.78 is 1.50. The van der Waals surface area contributed by atoms with Crippen LogP contribution < -0.4 is 0 Å². The third kappa shape index (κ3) is 2.32. The quantitative estimate of drug-likeness (QED) is 0.820. The molecule has 0 atom stereocenters. The molecule has 0 unspecified atom stereocenters. The summed E-state index contributed by atoms with van der Waals surface area (Å²) in [6.45, 7) is 1.28. The molecule has 0 bridgehead atoms. The minimum absolute atomic E-state index is 0.0838. The highest BCUT2D eigenvalue weighted by molar-refractivity contribution is 5.92. The van der Waals surface area contributed by atoms with Crippen LogP contribution in [0.3, 0.4) is 0 Å². The Hall–Kier alpha value is -2.50. The Morgan fingerprint density at radius 3 is 3.00 bits per heavy atom. The molecule has 6 heteroatoms. The van der Waals surface area contributed by atoms with Gasteiger partial charge in [0.2, 0.25) is 5.82 Å². The lowest BCUT2D eigenvalue weighted by molar-refractivity contribution is 0.0757. The van der Waals surface area contributed by atoms with Gasteiger partial charge in [-0.2, -0.15) is 5.10 Å². The van der Waals surface area contributed by atoms with Crippen LogP contribution in [0.5, 0.6) is 0 Å². The van der Waals surface area contributed by atoms with Gasteiger partial charge in [-0.25, -0.2) is 9.67 Å². The molecule has 1 aliphatic heterocycles. The third-order valence-electron chi connectivity index (χ3n) is 3.37. The minimum Gasteiger partial charge on any atom is -0.331 e. The predicted octanol–water partition coefficient (Wildman–Crippen LogP) is 1.14. The Bertz CT molecular complexity index is 647. The van der Waals surface area contributed by atoms with Gasteiger partial charge in [-0.1, -0.05) is 12.1 Å². The fourth-order valence-corrected chi connectivity index (χ4v) is 2.31. The summed E-state index contributed by atoms with van der Waals surface area (Å²) in [6.07, 6.45) is 7.97. The van der Waals surface area contributed by atoms with E-state index in [9.17, 15) is 4.79 Å². The molecule has 0 fully saturated rings. The fourth-order valence-electron chi connectivity index (χ4n) is 2.31. The number of amides is 1. The van der Waals surface area contributed by atoms with Crippen molar-refractivity contribution in [1.82, 2.24) is 24.6 Å². The van der Waals surface area contributed by atoms with Gasteiger partial charge < -0.3 is 4.90 Å². The van der Waals surface area contributed by atoms with Crippen molar-refractivity contribution >= 4 is 11.5 Å². The van der Waals surface area contributed by atoms with Gasteiger partial charge in [0.15, 0.2) is 0 Å². The normalized spacial score (nSPS) is 15.1. The smallest absolute Gasteiger partial charge is 0.291 e. The molecule has 0 saturated heterocycles. The molecule has 0 spiro atoms. The van der Waals surface area contributed by atoms with Crippen LogP contribution in [0.25, 0.3) is 5.57 Å². The van der Waals surface area contributed by atoms with E-state index in [0.29, 0.717) is 18.9 Å². The van der Waals surface area contributed by atoms with Crippen LogP contribution in [0.2, 0.25) is 0 Å². The van der Waals surface area contributed by atoms with E-state index in [2.05, 4.69) is 21.1 Å². The zero-order valence-electron chi connectivity index (χ0n) is 11.2. The lowest BCUT2D eigenvalue weighted by Gasteiger charge is -2.27. The first-order valence-electron chi connectivity index (χ1n) is 6.48. The van der Waals surface area contributed by atoms with Crippen molar-refractivity contribution in [2.75, 3.05) is 13.1 Å². The lowest BCUT2D eigenvalue weighted by atomic mass is 10.0.